The van der Waals surface area contributed by atoms with Gasteiger partial charge >= 0.3 is 5.69 Å². The van der Waals surface area contributed by atoms with Gasteiger partial charge in [-0.3, -0.25) is 23.5 Å². The topological polar surface area (TPSA) is 129 Å². The largest absolute Gasteiger partial charge is 0.366 e. The van der Waals surface area contributed by atoms with Gasteiger partial charge in [-0.25, -0.2) is 9.78 Å². The lowest BCUT2D eigenvalue weighted by atomic mass is 10.1. The van der Waals surface area contributed by atoms with Crippen LogP contribution in [0.4, 0.5) is 5.69 Å². The van der Waals surface area contributed by atoms with E-state index in [2.05, 4.69) is 10.3 Å². The molecule has 0 aliphatic rings. The maximum atomic E-state index is 13.2. The predicted octanol–water partition coefficient (Wildman–Crippen LogP) is 1.54. The molecule has 0 aliphatic carbocycles. The molecular weight excluding hydrogens is 422 g/mol. The minimum Gasteiger partial charge on any atom is -0.366 e. The third-order valence-corrected chi connectivity index (χ3v) is 5.21. The molecule has 9 heteroatoms. The summed E-state index contributed by atoms with van der Waals surface area (Å²) in [6.45, 7) is -0.158. The average molecular weight is 443 g/mol. The third kappa shape index (κ3) is 4.72. The second kappa shape index (κ2) is 9.31. The molecule has 2 aromatic heterocycles. The van der Waals surface area contributed by atoms with E-state index in [4.69, 9.17) is 5.73 Å². The smallest absolute Gasteiger partial charge is 0.332 e. The van der Waals surface area contributed by atoms with E-state index in [1.807, 2.05) is 30.3 Å². The summed E-state index contributed by atoms with van der Waals surface area (Å²) in [7, 11) is 0. The monoisotopic (exact) mass is 443 g/mol. The quantitative estimate of drug-likeness (QED) is 0.448. The maximum absolute atomic E-state index is 13.2. The minimum absolute atomic E-state index is 0.115. The van der Waals surface area contributed by atoms with Crippen LogP contribution in [-0.2, 0) is 24.3 Å². The van der Waals surface area contributed by atoms with Gasteiger partial charge < -0.3 is 11.1 Å². The number of hydrogen-bond donors (Lipinski definition) is 2. The first-order chi connectivity index (χ1) is 15.9. The van der Waals surface area contributed by atoms with Crippen molar-refractivity contribution in [2.24, 2.45) is 5.73 Å². The van der Waals surface area contributed by atoms with Gasteiger partial charge in [-0.05, 0) is 48.4 Å². The fraction of sp³-hybridized carbons (Fsp3) is 0.125. The average Bonchev–Trinajstić information content (AvgIpc) is 2.83. The molecule has 4 aromatic rings. The second-order valence-corrected chi connectivity index (χ2v) is 7.42. The molecule has 0 saturated heterocycles. The number of amides is 2. The number of aromatic nitrogens is 3. The molecule has 0 atom stereocenters. The molecule has 33 heavy (non-hydrogen) atoms. The molecule has 2 aromatic carbocycles. The van der Waals surface area contributed by atoms with E-state index < -0.39 is 23.1 Å². The van der Waals surface area contributed by atoms with Gasteiger partial charge in [0.05, 0.1) is 5.52 Å². The predicted molar refractivity (Wildman–Crippen MR) is 124 cm³/mol. The summed E-state index contributed by atoms with van der Waals surface area (Å²) in [6, 6.07) is 18.8. The number of pyridine rings is 1. The summed E-state index contributed by atoms with van der Waals surface area (Å²) < 4.78 is 2.35. The van der Waals surface area contributed by atoms with Crippen LogP contribution in [0.3, 0.4) is 0 Å². The van der Waals surface area contributed by atoms with Crippen LogP contribution >= 0.6 is 0 Å². The Kier molecular flexibility index (Phi) is 6.12. The normalized spacial score (nSPS) is 10.8. The molecule has 0 fully saturated rings. The van der Waals surface area contributed by atoms with E-state index in [0.29, 0.717) is 17.7 Å². The summed E-state index contributed by atoms with van der Waals surface area (Å²) in [5.41, 5.74) is 6.27. The Balaban J connectivity index is 1.64. The highest BCUT2D eigenvalue weighted by Gasteiger charge is 2.16. The lowest BCUT2D eigenvalue weighted by Crippen LogP contribution is -2.42. The molecule has 0 aliphatic heterocycles. The number of nitrogens with one attached hydrogen (secondary N) is 1. The van der Waals surface area contributed by atoms with Gasteiger partial charge in [0.2, 0.25) is 11.8 Å². The molecule has 166 valence electrons. The molecule has 4 rings (SSSR count). The first-order valence-electron chi connectivity index (χ1n) is 10.3. The Morgan fingerprint density at radius 3 is 2.33 bits per heavy atom. The third-order valence-electron chi connectivity index (χ3n) is 5.21. The van der Waals surface area contributed by atoms with Crippen molar-refractivity contribution in [1.82, 2.24) is 14.1 Å². The first kappa shape index (κ1) is 21.7. The number of rotatable bonds is 7. The van der Waals surface area contributed by atoms with Crippen LogP contribution in [0.5, 0.6) is 0 Å². The lowest BCUT2D eigenvalue weighted by molar-refractivity contribution is -0.116. The first-order valence-corrected chi connectivity index (χ1v) is 10.3. The number of primary amides is 1. The summed E-state index contributed by atoms with van der Waals surface area (Å²) in [6.07, 6.45) is 1.95. The molecule has 0 spiro atoms. The molecular formula is C24H21N5O4. The number of benzene rings is 2. The number of anilines is 1. The zero-order valence-electron chi connectivity index (χ0n) is 17.6. The van der Waals surface area contributed by atoms with Crippen LogP contribution in [0.15, 0.2) is 82.5 Å². The van der Waals surface area contributed by atoms with Crippen molar-refractivity contribution in [3.8, 4) is 0 Å². The summed E-state index contributed by atoms with van der Waals surface area (Å²) in [5, 5.41) is 2.68. The van der Waals surface area contributed by atoms with E-state index in [1.165, 1.54) is 22.9 Å². The van der Waals surface area contributed by atoms with Gasteiger partial charge in [0.1, 0.15) is 6.54 Å². The zero-order chi connectivity index (χ0) is 23.4. The van der Waals surface area contributed by atoms with Gasteiger partial charge in [0, 0.05) is 24.0 Å². The number of aryl methyl sites for hydroxylation is 1. The van der Waals surface area contributed by atoms with E-state index in [0.717, 1.165) is 10.1 Å². The van der Waals surface area contributed by atoms with Crippen LogP contribution < -0.4 is 22.3 Å². The Morgan fingerprint density at radius 2 is 1.64 bits per heavy atom. The van der Waals surface area contributed by atoms with Crippen molar-refractivity contribution in [2.75, 3.05) is 5.32 Å². The highest BCUT2D eigenvalue weighted by Crippen LogP contribution is 2.10. The number of carbonyl (C=O) groups is 2. The number of nitrogens with zero attached hydrogens (tertiary/aromatic N) is 3. The minimum atomic E-state index is -0.587. The highest BCUT2D eigenvalue weighted by atomic mass is 16.2. The van der Waals surface area contributed by atoms with Crippen LogP contribution in [0.2, 0.25) is 0 Å². The Bertz CT molecular complexity index is 1440. The van der Waals surface area contributed by atoms with Crippen molar-refractivity contribution in [1.29, 1.82) is 0 Å². The van der Waals surface area contributed by atoms with Crippen LogP contribution in [0.1, 0.15) is 15.9 Å². The second-order valence-electron chi connectivity index (χ2n) is 7.42. The van der Waals surface area contributed by atoms with Crippen molar-refractivity contribution in [3.05, 3.63) is 105 Å². The molecule has 9 nitrogen and oxygen atoms in total. The van der Waals surface area contributed by atoms with E-state index in [9.17, 15) is 19.2 Å². The summed E-state index contributed by atoms with van der Waals surface area (Å²) in [5.74, 6) is -1.04. The van der Waals surface area contributed by atoms with E-state index >= 15 is 0 Å². The van der Waals surface area contributed by atoms with Crippen molar-refractivity contribution in [2.45, 2.75) is 19.5 Å². The van der Waals surface area contributed by atoms with Crippen molar-refractivity contribution < 1.29 is 9.59 Å². The molecule has 0 saturated carbocycles. The van der Waals surface area contributed by atoms with E-state index in [-0.39, 0.29) is 24.1 Å². The Labute approximate surface area is 188 Å². The highest BCUT2D eigenvalue weighted by molar-refractivity contribution is 5.95. The number of fused-ring (bicyclic) bond motifs is 1. The fourth-order valence-electron chi connectivity index (χ4n) is 3.54. The number of carbonyl (C=O) groups excluding carboxylic acids is 2. The van der Waals surface area contributed by atoms with Gasteiger partial charge in [-0.15, -0.1) is 0 Å². The SMILES string of the molecule is NC(=O)c1ccc(NC(=O)Cn2c(=O)n(CCc3ccccc3)c(=O)c3ncccc32)cc1. The van der Waals surface area contributed by atoms with Crippen molar-refractivity contribution >= 4 is 28.5 Å². The van der Waals surface area contributed by atoms with Crippen molar-refractivity contribution in [3.63, 3.8) is 0 Å². The van der Waals surface area contributed by atoms with Gasteiger partial charge in [0.25, 0.3) is 5.56 Å². The zero-order valence-corrected chi connectivity index (χ0v) is 17.6. The fourth-order valence-corrected chi connectivity index (χ4v) is 3.54. The van der Waals surface area contributed by atoms with Crippen LogP contribution in [-0.4, -0.2) is 25.9 Å². The van der Waals surface area contributed by atoms with Gasteiger partial charge in [-0.1, -0.05) is 30.3 Å². The van der Waals surface area contributed by atoms with Crippen LogP contribution in [0, 0.1) is 0 Å². The molecule has 3 N–H and O–H groups in total. The Morgan fingerprint density at radius 1 is 0.909 bits per heavy atom. The molecule has 0 unspecified atom stereocenters. The lowest BCUT2D eigenvalue weighted by Gasteiger charge is -2.14. The summed E-state index contributed by atoms with van der Waals surface area (Å²) in [4.78, 5) is 54.2. The molecule has 2 heterocycles. The van der Waals surface area contributed by atoms with Crippen LogP contribution in [0.25, 0.3) is 11.0 Å². The molecule has 0 bridgehead atoms. The standard InChI is InChI=1S/C24H21N5O4/c25-22(31)17-8-10-18(11-9-17)27-20(30)15-29-19-7-4-13-26-21(19)23(32)28(24(29)33)14-12-16-5-2-1-3-6-16/h1-11,13H,12,14-15H2,(H2,25,31)(H,27,30). The van der Waals surface area contributed by atoms with E-state index in [1.54, 1.807) is 24.3 Å². The summed E-state index contributed by atoms with van der Waals surface area (Å²) >= 11 is 0. The Hall–Kier alpha value is -4.53. The number of nitrogens with two attached hydrogens (primary N) is 1. The van der Waals surface area contributed by atoms with Gasteiger partial charge in [-0.2, -0.15) is 0 Å². The molecule has 0 radical (unpaired) electrons. The molecule has 2 amide bonds. The van der Waals surface area contributed by atoms with Gasteiger partial charge in [0.15, 0.2) is 5.52 Å². The number of hydrogen-bond acceptors (Lipinski definition) is 5. The maximum Gasteiger partial charge on any atom is 0.332 e.